The van der Waals surface area contributed by atoms with Gasteiger partial charge in [-0.1, -0.05) is 72.8 Å². The first-order chi connectivity index (χ1) is 23.7. The number of aldehydes is 1. The van der Waals surface area contributed by atoms with Gasteiger partial charge in [-0.15, -0.1) is 0 Å². The summed E-state index contributed by atoms with van der Waals surface area (Å²) in [5, 5.41) is 14.2. The zero-order chi connectivity index (χ0) is 32.7. The predicted octanol–water partition coefficient (Wildman–Crippen LogP) is 7.22. The standard InChI is InChI=1S/C20H21N3O.C20H19N3O/c2*24-14-15-8-11-23(12-9-15)20-21-10-7-19(22-20)18-6-5-16-3-1-2-4-17(16)13-18/h1-7,10,13,15,24H,8-9,11-12,14H2;1-7,10,13-15H,8-9,11-12H2. The van der Waals surface area contributed by atoms with Crippen molar-refractivity contribution in [1.82, 2.24) is 19.9 Å². The van der Waals surface area contributed by atoms with Crippen molar-refractivity contribution in [3.8, 4) is 22.5 Å². The van der Waals surface area contributed by atoms with E-state index >= 15 is 0 Å². The minimum absolute atomic E-state index is 0.185. The number of anilines is 2. The molecule has 0 atom stereocenters. The largest absolute Gasteiger partial charge is 0.396 e. The highest BCUT2D eigenvalue weighted by molar-refractivity contribution is 5.87. The molecule has 6 aromatic rings. The van der Waals surface area contributed by atoms with Gasteiger partial charge in [0.1, 0.15) is 6.29 Å². The molecule has 1 N–H and O–H groups in total. The predicted molar refractivity (Wildman–Crippen MR) is 193 cm³/mol. The van der Waals surface area contributed by atoms with E-state index in [4.69, 9.17) is 9.97 Å². The van der Waals surface area contributed by atoms with Crippen LogP contribution in [0.25, 0.3) is 44.1 Å². The molecule has 0 amide bonds. The summed E-state index contributed by atoms with van der Waals surface area (Å²) in [4.78, 5) is 33.7. The van der Waals surface area contributed by atoms with E-state index in [9.17, 15) is 9.90 Å². The van der Waals surface area contributed by atoms with E-state index in [1.807, 2.05) is 30.6 Å². The van der Waals surface area contributed by atoms with E-state index in [2.05, 4.69) is 98.6 Å². The molecular formula is C40H40N6O2. The Bertz CT molecular complexity index is 2000. The molecule has 48 heavy (non-hydrogen) atoms. The molecular weight excluding hydrogens is 596 g/mol. The number of aromatic nitrogens is 4. The summed E-state index contributed by atoms with van der Waals surface area (Å²) in [7, 11) is 0. The molecule has 2 fully saturated rings. The SMILES string of the molecule is O=CC1CCN(c2nccc(-c3ccc4ccccc4c3)n2)CC1.OCC1CCN(c2nccc(-c3ccc4ccccc4c3)n2)CC1. The average molecular weight is 637 g/mol. The van der Waals surface area contributed by atoms with Crippen molar-refractivity contribution < 1.29 is 9.90 Å². The van der Waals surface area contributed by atoms with Crippen molar-refractivity contribution in [2.75, 3.05) is 42.6 Å². The van der Waals surface area contributed by atoms with Crippen LogP contribution in [0.5, 0.6) is 0 Å². The molecule has 2 aliphatic heterocycles. The van der Waals surface area contributed by atoms with Gasteiger partial charge in [0.05, 0.1) is 11.4 Å². The maximum atomic E-state index is 10.9. The molecule has 2 saturated heterocycles. The van der Waals surface area contributed by atoms with Crippen LogP contribution in [0.3, 0.4) is 0 Å². The Kier molecular flexibility index (Phi) is 9.61. The highest BCUT2D eigenvalue weighted by Gasteiger charge is 2.22. The van der Waals surface area contributed by atoms with Crippen molar-refractivity contribution in [3.63, 3.8) is 0 Å². The fourth-order valence-electron chi connectivity index (χ4n) is 6.57. The molecule has 4 heterocycles. The fourth-order valence-corrected chi connectivity index (χ4v) is 6.57. The third kappa shape index (κ3) is 7.19. The van der Waals surface area contributed by atoms with Crippen molar-refractivity contribution in [2.45, 2.75) is 25.7 Å². The maximum Gasteiger partial charge on any atom is 0.225 e. The molecule has 0 bridgehead atoms. The lowest BCUT2D eigenvalue weighted by molar-refractivity contribution is -0.111. The molecule has 0 saturated carbocycles. The van der Waals surface area contributed by atoms with Crippen LogP contribution in [0.2, 0.25) is 0 Å². The molecule has 0 radical (unpaired) electrons. The van der Waals surface area contributed by atoms with E-state index in [1.165, 1.54) is 21.5 Å². The second-order valence-corrected chi connectivity index (χ2v) is 12.7. The van der Waals surface area contributed by atoms with Gasteiger partial charge in [0.25, 0.3) is 0 Å². The van der Waals surface area contributed by atoms with E-state index in [0.717, 1.165) is 92.6 Å². The van der Waals surface area contributed by atoms with Gasteiger partial charge in [-0.05, 0) is 77.4 Å². The number of hydrogen-bond acceptors (Lipinski definition) is 8. The minimum atomic E-state index is 0.185. The number of hydrogen-bond donors (Lipinski definition) is 1. The normalized spacial score (nSPS) is 15.7. The van der Waals surface area contributed by atoms with Crippen LogP contribution < -0.4 is 9.80 Å². The van der Waals surface area contributed by atoms with Gasteiger partial charge in [0.2, 0.25) is 11.9 Å². The summed E-state index contributed by atoms with van der Waals surface area (Å²) < 4.78 is 0. The first-order valence-electron chi connectivity index (χ1n) is 16.9. The van der Waals surface area contributed by atoms with Gasteiger partial charge in [-0.3, -0.25) is 0 Å². The number of piperidine rings is 2. The average Bonchev–Trinajstić information content (AvgIpc) is 3.18. The Morgan fingerprint density at radius 3 is 1.52 bits per heavy atom. The Morgan fingerprint density at radius 2 is 1.06 bits per heavy atom. The molecule has 4 aromatic carbocycles. The van der Waals surface area contributed by atoms with E-state index in [-0.39, 0.29) is 12.5 Å². The quantitative estimate of drug-likeness (QED) is 0.192. The number of aliphatic hydroxyl groups is 1. The number of fused-ring (bicyclic) bond motifs is 2. The van der Waals surface area contributed by atoms with Crippen LogP contribution in [0, 0.1) is 11.8 Å². The molecule has 242 valence electrons. The Labute approximate surface area is 281 Å². The van der Waals surface area contributed by atoms with E-state index in [0.29, 0.717) is 5.92 Å². The molecule has 8 nitrogen and oxygen atoms in total. The second-order valence-electron chi connectivity index (χ2n) is 12.7. The second kappa shape index (κ2) is 14.7. The summed E-state index contributed by atoms with van der Waals surface area (Å²) in [6.45, 7) is 3.78. The van der Waals surface area contributed by atoms with Crippen molar-refractivity contribution >= 4 is 39.7 Å². The first kappa shape index (κ1) is 31.4. The zero-order valence-electron chi connectivity index (χ0n) is 27.0. The van der Waals surface area contributed by atoms with Crippen LogP contribution >= 0.6 is 0 Å². The Balaban J connectivity index is 0.000000152. The monoisotopic (exact) mass is 636 g/mol. The number of carbonyl (C=O) groups is 1. The smallest absolute Gasteiger partial charge is 0.225 e. The first-order valence-corrected chi connectivity index (χ1v) is 16.9. The van der Waals surface area contributed by atoms with Gasteiger partial charge < -0.3 is 19.7 Å². The van der Waals surface area contributed by atoms with Crippen LogP contribution in [0.15, 0.2) is 109 Å². The van der Waals surface area contributed by atoms with Crippen LogP contribution in [0.4, 0.5) is 11.9 Å². The lowest BCUT2D eigenvalue weighted by atomic mass is 9.98. The molecule has 8 rings (SSSR count). The lowest BCUT2D eigenvalue weighted by Crippen LogP contribution is -2.35. The lowest BCUT2D eigenvalue weighted by Gasteiger charge is -2.31. The van der Waals surface area contributed by atoms with E-state index < -0.39 is 0 Å². The molecule has 0 aliphatic carbocycles. The van der Waals surface area contributed by atoms with Gasteiger partial charge in [-0.25, -0.2) is 19.9 Å². The zero-order valence-corrected chi connectivity index (χ0v) is 27.0. The van der Waals surface area contributed by atoms with Crippen LogP contribution in [-0.2, 0) is 4.79 Å². The summed E-state index contributed by atoms with van der Waals surface area (Å²) in [6.07, 6.45) is 8.49. The number of benzene rings is 4. The van der Waals surface area contributed by atoms with E-state index in [1.54, 1.807) is 0 Å². The Hall–Kier alpha value is -5.21. The van der Waals surface area contributed by atoms with Gasteiger partial charge in [0.15, 0.2) is 0 Å². The van der Waals surface area contributed by atoms with Gasteiger partial charge in [-0.2, -0.15) is 0 Å². The van der Waals surface area contributed by atoms with Gasteiger partial charge in [0, 0.05) is 62.2 Å². The van der Waals surface area contributed by atoms with Crippen molar-refractivity contribution in [2.24, 2.45) is 11.8 Å². The number of aliphatic hydroxyl groups excluding tert-OH is 1. The molecule has 0 spiro atoms. The molecule has 2 aliphatic rings. The van der Waals surface area contributed by atoms with Crippen molar-refractivity contribution in [3.05, 3.63) is 109 Å². The Morgan fingerprint density at radius 1 is 0.604 bits per heavy atom. The third-order valence-corrected chi connectivity index (χ3v) is 9.55. The number of nitrogens with zero attached hydrogens (tertiary/aromatic N) is 6. The molecule has 8 heteroatoms. The summed E-state index contributed by atoms with van der Waals surface area (Å²) >= 11 is 0. The number of rotatable bonds is 6. The molecule has 2 aromatic heterocycles. The third-order valence-electron chi connectivity index (χ3n) is 9.55. The molecule has 0 unspecified atom stereocenters. The fraction of sp³-hybridized carbons (Fsp3) is 0.275. The van der Waals surface area contributed by atoms with Crippen LogP contribution in [0.1, 0.15) is 25.7 Å². The van der Waals surface area contributed by atoms with Crippen LogP contribution in [-0.4, -0.2) is 64.1 Å². The summed E-state index contributed by atoms with van der Waals surface area (Å²) in [5.74, 6) is 2.15. The minimum Gasteiger partial charge on any atom is -0.396 e. The highest BCUT2D eigenvalue weighted by Crippen LogP contribution is 2.27. The summed E-state index contributed by atoms with van der Waals surface area (Å²) in [5.41, 5.74) is 4.10. The maximum absolute atomic E-state index is 10.9. The number of carbonyl (C=O) groups excluding carboxylic acids is 1. The van der Waals surface area contributed by atoms with Gasteiger partial charge >= 0.3 is 0 Å². The van der Waals surface area contributed by atoms with Crippen molar-refractivity contribution in [1.29, 1.82) is 0 Å². The summed E-state index contributed by atoms with van der Waals surface area (Å²) in [6, 6.07) is 33.4. The highest BCUT2D eigenvalue weighted by atomic mass is 16.3. The topological polar surface area (TPSA) is 95.3 Å².